The van der Waals surface area contributed by atoms with Gasteiger partial charge in [0.05, 0.1) is 12.2 Å². The smallest absolute Gasteiger partial charge is 0.239 e. The van der Waals surface area contributed by atoms with Gasteiger partial charge in [-0.3, -0.25) is 14.4 Å². The number of carbonyl (C=O) groups excluding carboxylic acids is 1. The van der Waals surface area contributed by atoms with Crippen LogP contribution in [0.4, 0.5) is 0 Å². The number of carbonyl (C=O) groups is 1. The Morgan fingerprint density at radius 3 is 2.52 bits per heavy atom. The molecule has 23 heavy (non-hydrogen) atoms. The fourth-order valence-corrected chi connectivity index (χ4v) is 3.28. The highest BCUT2D eigenvalue weighted by molar-refractivity contribution is 5.81. The first kappa shape index (κ1) is 18.0. The van der Waals surface area contributed by atoms with Gasteiger partial charge < -0.3 is 4.90 Å². The van der Waals surface area contributed by atoms with E-state index in [-0.39, 0.29) is 11.9 Å². The first-order valence-corrected chi connectivity index (χ1v) is 8.87. The number of aryl methyl sites for hydroxylation is 1. The van der Waals surface area contributed by atoms with Gasteiger partial charge in [0.2, 0.25) is 5.91 Å². The number of aromatic nitrogens is 2. The normalized spacial score (nSPS) is 18.3. The number of likely N-dealkylation sites (tertiary alicyclic amines) is 1. The lowest BCUT2D eigenvalue weighted by Crippen LogP contribution is -2.50. The minimum absolute atomic E-state index is 0.0297. The fourth-order valence-electron chi connectivity index (χ4n) is 3.28. The summed E-state index contributed by atoms with van der Waals surface area (Å²) in [6.07, 6.45) is 6.25. The van der Waals surface area contributed by atoms with Gasteiger partial charge in [0.25, 0.3) is 0 Å². The predicted molar refractivity (Wildman–Crippen MR) is 92.9 cm³/mol. The van der Waals surface area contributed by atoms with Crippen LogP contribution >= 0.6 is 0 Å². The summed E-state index contributed by atoms with van der Waals surface area (Å²) in [6.45, 7) is 12.2. The Bertz CT molecular complexity index is 503. The van der Waals surface area contributed by atoms with Crippen molar-refractivity contribution in [3.8, 4) is 0 Å². The van der Waals surface area contributed by atoms with E-state index in [4.69, 9.17) is 0 Å². The number of hydrogen-bond acceptors (Lipinski definition) is 3. The Kier molecular flexibility index (Phi) is 6.22. The van der Waals surface area contributed by atoms with Crippen LogP contribution in [0, 0.1) is 11.8 Å². The van der Waals surface area contributed by atoms with Crippen LogP contribution in [0.15, 0.2) is 12.4 Å². The lowest BCUT2D eigenvalue weighted by Gasteiger charge is -2.37. The first-order chi connectivity index (χ1) is 10.9. The molecule has 1 atom stereocenters. The minimum Gasteiger partial charge on any atom is -0.337 e. The van der Waals surface area contributed by atoms with Crippen molar-refractivity contribution >= 4 is 5.91 Å². The zero-order chi connectivity index (χ0) is 17.0. The van der Waals surface area contributed by atoms with Crippen LogP contribution in [0.1, 0.15) is 46.1 Å². The molecule has 1 unspecified atom stereocenters. The second-order valence-corrected chi connectivity index (χ2v) is 7.53. The predicted octanol–water partition coefficient (Wildman–Crippen LogP) is 2.53. The third kappa shape index (κ3) is 5.06. The van der Waals surface area contributed by atoms with Crippen LogP contribution in [0.2, 0.25) is 0 Å². The topological polar surface area (TPSA) is 41.4 Å². The number of rotatable bonds is 6. The SMILES string of the molecule is CC(C)CN(Cc1cnn(C)c1)C(=O)C(C)N1CCC(C)CC1. The zero-order valence-corrected chi connectivity index (χ0v) is 15.3. The van der Waals surface area contributed by atoms with Gasteiger partial charge in [-0.15, -0.1) is 0 Å². The van der Waals surface area contributed by atoms with Gasteiger partial charge in [0.1, 0.15) is 0 Å². The summed E-state index contributed by atoms with van der Waals surface area (Å²) >= 11 is 0. The molecule has 2 heterocycles. The lowest BCUT2D eigenvalue weighted by atomic mass is 9.98. The third-order valence-electron chi connectivity index (χ3n) is 4.75. The summed E-state index contributed by atoms with van der Waals surface area (Å²) < 4.78 is 1.79. The molecule has 130 valence electrons. The Morgan fingerprint density at radius 2 is 2.00 bits per heavy atom. The number of amides is 1. The van der Waals surface area contributed by atoms with Crippen LogP contribution < -0.4 is 0 Å². The van der Waals surface area contributed by atoms with Gasteiger partial charge >= 0.3 is 0 Å². The van der Waals surface area contributed by atoms with Crippen molar-refractivity contribution in [2.45, 2.75) is 53.1 Å². The molecule has 0 bridgehead atoms. The molecule has 1 aromatic heterocycles. The van der Waals surface area contributed by atoms with E-state index in [0.29, 0.717) is 12.5 Å². The maximum atomic E-state index is 13.0. The molecule has 0 aromatic carbocycles. The van der Waals surface area contributed by atoms with E-state index >= 15 is 0 Å². The number of nitrogens with zero attached hydrogens (tertiary/aromatic N) is 4. The van der Waals surface area contributed by atoms with Gasteiger partial charge in [0, 0.05) is 31.9 Å². The molecule has 0 aliphatic carbocycles. The quantitative estimate of drug-likeness (QED) is 0.809. The first-order valence-electron chi connectivity index (χ1n) is 8.87. The molecule has 5 heteroatoms. The van der Waals surface area contributed by atoms with Gasteiger partial charge in [-0.05, 0) is 44.7 Å². The highest BCUT2D eigenvalue weighted by Crippen LogP contribution is 2.19. The molecule has 1 aromatic rings. The molecular formula is C18H32N4O. The van der Waals surface area contributed by atoms with Crippen LogP contribution in [-0.2, 0) is 18.4 Å². The van der Waals surface area contributed by atoms with E-state index in [1.54, 1.807) is 4.68 Å². The summed E-state index contributed by atoms with van der Waals surface area (Å²) in [5.41, 5.74) is 1.10. The standard InChI is InChI=1S/C18H32N4O/c1-14(2)11-22(13-17-10-19-20(5)12-17)18(23)16(4)21-8-6-15(3)7-9-21/h10,12,14-16H,6-9,11,13H2,1-5H3. The van der Waals surface area contributed by atoms with Crippen LogP contribution in [-0.4, -0.2) is 51.2 Å². The maximum absolute atomic E-state index is 13.0. The van der Waals surface area contributed by atoms with E-state index in [0.717, 1.165) is 31.1 Å². The van der Waals surface area contributed by atoms with Crippen molar-refractivity contribution in [1.29, 1.82) is 0 Å². The molecule has 1 aliphatic heterocycles. The van der Waals surface area contributed by atoms with Crippen molar-refractivity contribution in [2.75, 3.05) is 19.6 Å². The molecule has 1 fully saturated rings. The number of piperidine rings is 1. The van der Waals surface area contributed by atoms with E-state index < -0.39 is 0 Å². The average Bonchev–Trinajstić information content (AvgIpc) is 2.90. The number of hydrogen-bond donors (Lipinski definition) is 0. The average molecular weight is 320 g/mol. The maximum Gasteiger partial charge on any atom is 0.239 e. The summed E-state index contributed by atoms with van der Waals surface area (Å²) in [7, 11) is 1.91. The molecule has 0 N–H and O–H groups in total. The molecule has 1 amide bonds. The second kappa shape index (κ2) is 7.95. The van der Waals surface area contributed by atoms with Gasteiger partial charge in [0.15, 0.2) is 0 Å². The van der Waals surface area contributed by atoms with E-state index in [1.807, 2.05) is 24.3 Å². The molecule has 2 rings (SSSR count). The molecule has 1 saturated heterocycles. The molecule has 5 nitrogen and oxygen atoms in total. The van der Waals surface area contributed by atoms with Gasteiger partial charge in [-0.2, -0.15) is 5.10 Å². The van der Waals surface area contributed by atoms with E-state index in [2.05, 4.69) is 37.7 Å². The van der Waals surface area contributed by atoms with Crippen molar-refractivity contribution in [2.24, 2.45) is 18.9 Å². The van der Waals surface area contributed by atoms with Gasteiger partial charge in [-0.25, -0.2) is 0 Å². The van der Waals surface area contributed by atoms with E-state index in [1.165, 1.54) is 12.8 Å². The summed E-state index contributed by atoms with van der Waals surface area (Å²) in [6, 6.07) is -0.0297. The second-order valence-electron chi connectivity index (χ2n) is 7.53. The van der Waals surface area contributed by atoms with E-state index in [9.17, 15) is 4.79 Å². The van der Waals surface area contributed by atoms with Crippen LogP contribution in [0.3, 0.4) is 0 Å². The largest absolute Gasteiger partial charge is 0.337 e. The Morgan fingerprint density at radius 1 is 1.35 bits per heavy atom. The van der Waals surface area contributed by atoms with Crippen molar-refractivity contribution in [3.05, 3.63) is 18.0 Å². The Balaban J connectivity index is 2.03. The van der Waals surface area contributed by atoms with Crippen LogP contribution in [0.25, 0.3) is 0 Å². The van der Waals surface area contributed by atoms with Crippen molar-refractivity contribution < 1.29 is 4.79 Å². The molecule has 1 aliphatic rings. The fraction of sp³-hybridized carbons (Fsp3) is 0.778. The highest BCUT2D eigenvalue weighted by atomic mass is 16.2. The minimum atomic E-state index is -0.0297. The monoisotopic (exact) mass is 320 g/mol. The molecule has 0 radical (unpaired) electrons. The zero-order valence-electron chi connectivity index (χ0n) is 15.3. The Labute approximate surface area is 140 Å². The van der Waals surface area contributed by atoms with Crippen molar-refractivity contribution in [1.82, 2.24) is 19.6 Å². The molecule has 0 spiro atoms. The summed E-state index contributed by atoms with van der Waals surface area (Å²) in [4.78, 5) is 17.4. The molecule has 0 saturated carbocycles. The third-order valence-corrected chi connectivity index (χ3v) is 4.75. The van der Waals surface area contributed by atoms with Gasteiger partial charge in [-0.1, -0.05) is 20.8 Å². The lowest BCUT2D eigenvalue weighted by molar-refractivity contribution is -0.138. The Hall–Kier alpha value is -1.36. The highest BCUT2D eigenvalue weighted by Gasteiger charge is 2.28. The van der Waals surface area contributed by atoms with Crippen LogP contribution in [0.5, 0.6) is 0 Å². The summed E-state index contributed by atoms with van der Waals surface area (Å²) in [5, 5.41) is 4.22. The summed E-state index contributed by atoms with van der Waals surface area (Å²) in [5.74, 6) is 1.50. The van der Waals surface area contributed by atoms with Crippen molar-refractivity contribution in [3.63, 3.8) is 0 Å². The molecular weight excluding hydrogens is 288 g/mol.